The molecule has 1 aromatic carbocycles. The monoisotopic (exact) mass is 337 g/mol. The third-order valence-electron chi connectivity index (χ3n) is 5.45. The van der Waals surface area contributed by atoms with Crippen molar-refractivity contribution in [3.8, 4) is 0 Å². The van der Waals surface area contributed by atoms with Crippen LogP contribution in [0.1, 0.15) is 18.4 Å². The summed E-state index contributed by atoms with van der Waals surface area (Å²) in [4.78, 5) is 10.9. The lowest BCUT2D eigenvalue weighted by molar-refractivity contribution is -0.136. The lowest BCUT2D eigenvalue weighted by Gasteiger charge is -2.27. The molecule has 0 amide bonds. The zero-order valence-corrected chi connectivity index (χ0v) is 13.3. The Morgan fingerprint density at radius 2 is 1.96 bits per heavy atom. The molecule has 6 nitrogen and oxygen atoms in total. The fourth-order valence-electron chi connectivity index (χ4n) is 4.46. The normalized spacial score (nSPS) is 34.9. The van der Waals surface area contributed by atoms with E-state index in [0.29, 0.717) is 23.3 Å². The SMILES string of the molecule is O=C(O)Cc1ccc(S(=O)(=O)NC2C3CC4COC2C4C3)cc1. The van der Waals surface area contributed by atoms with E-state index >= 15 is 0 Å². The summed E-state index contributed by atoms with van der Waals surface area (Å²) in [6.45, 7) is 0.758. The van der Waals surface area contributed by atoms with Crippen LogP contribution in [0.3, 0.4) is 0 Å². The summed E-state index contributed by atoms with van der Waals surface area (Å²) < 4.78 is 33.8. The average Bonchev–Trinajstić information content (AvgIpc) is 3.09. The first-order valence-electron chi connectivity index (χ1n) is 7.89. The van der Waals surface area contributed by atoms with Gasteiger partial charge in [-0.1, -0.05) is 12.1 Å². The molecule has 2 N–H and O–H groups in total. The number of fused-ring (bicyclic) bond motifs is 1. The Labute approximate surface area is 134 Å². The molecule has 0 radical (unpaired) electrons. The topological polar surface area (TPSA) is 92.7 Å². The van der Waals surface area contributed by atoms with E-state index in [2.05, 4.69) is 4.72 Å². The van der Waals surface area contributed by atoms with Gasteiger partial charge in [0.05, 0.1) is 30.1 Å². The van der Waals surface area contributed by atoms with Crippen molar-refractivity contribution in [2.24, 2.45) is 17.8 Å². The fourth-order valence-corrected chi connectivity index (χ4v) is 5.77. The van der Waals surface area contributed by atoms with Gasteiger partial charge in [-0.25, -0.2) is 13.1 Å². The molecular weight excluding hydrogens is 318 g/mol. The molecule has 2 bridgehead atoms. The van der Waals surface area contributed by atoms with Crippen LogP contribution in [0.5, 0.6) is 0 Å². The zero-order valence-electron chi connectivity index (χ0n) is 12.5. The number of sulfonamides is 1. The van der Waals surface area contributed by atoms with Crippen LogP contribution in [0.25, 0.3) is 0 Å². The number of aliphatic carboxylic acids is 1. The van der Waals surface area contributed by atoms with E-state index < -0.39 is 16.0 Å². The molecule has 5 atom stereocenters. The van der Waals surface area contributed by atoms with Crippen LogP contribution in [-0.4, -0.2) is 38.2 Å². The van der Waals surface area contributed by atoms with E-state index in [1.54, 1.807) is 12.1 Å². The summed E-state index contributed by atoms with van der Waals surface area (Å²) in [6.07, 6.45) is 2.00. The molecule has 2 aliphatic carbocycles. The highest BCUT2D eigenvalue weighted by molar-refractivity contribution is 7.89. The van der Waals surface area contributed by atoms with Gasteiger partial charge in [-0.05, 0) is 48.3 Å². The maximum Gasteiger partial charge on any atom is 0.307 e. The lowest BCUT2D eigenvalue weighted by atomic mass is 9.87. The number of hydrogen-bond acceptors (Lipinski definition) is 4. The first-order chi connectivity index (χ1) is 10.9. The summed E-state index contributed by atoms with van der Waals surface area (Å²) in [5, 5.41) is 8.76. The van der Waals surface area contributed by atoms with E-state index in [0.717, 1.165) is 19.4 Å². The molecule has 3 aliphatic rings. The standard InChI is InChI=1S/C16H19NO5S/c18-14(19)5-9-1-3-12(4-2-9)23(20,21)17-15-10-6-11-8-22-16(15)13(11)7-10/h1-4,10-11,13,15-17H,5-8H2,(H,18,19). The van der Waals surface area contributed by atoms with Crippen molar-refractivity contribution < 1.29 is 23.1 Å². The average molecular weight is 337 g/mol. The molecule has 1 aliphatic heterocycles. The van der Waals surface area contributed by atoms with Crippen LogP contribution in [0, 0.1) is 17.8 Å². The van der Waals surface area contributed by atoms with Gasteiger partial charge in [-0.2, -0.15) is 0 Å². The molecule has 1 heterocycles. The summed E-state index contributed by atoms with van der Waals surface area (Å²) in [5.41, 5.74) is 0.582. The largest absolute Gasteiger partial charge is 0.481 e. The van der Waals surface area contributed by atoms with E-state index in [9.17, 15) is 13.2 Å². The van der Waals surface area contributed by atoms with Gasteiger partial charge in [0.15, 0.2) is 0 Å². The quantitative estimate of drug-likeness (QED) is 0.837. The van der Waals surface area contributed by atoms with E-state index in [1.165, 1.54) is 12.1 Å². The molecule has 3 fully saturated rings. The van der Waals surface area contributed by atoms with Crippen molar-refractivity contribution >= 4 is 16.0 Å². The number of hydrogen-bond donors (Lipinski definition) is 2. The maximum absolute atomic E-state index is 12.6. The number of carbonyl (C=O) groups is 1. The molecule has 0 aromatic heterocycles. The van der Waals surface area contributed by atoms with Crippen LogP contribution >= 0.6 is 0 Å². The van der Waals surface area contributed by atoms with Crippen LogP contribution in [0.4, 0.5) is 0 Å². The number of carboxylic acid groups (broad SMARTS) is 1. The lowest BCUT2D eigenvalue weighted by Crippen LogP contribution is -2.46. The highest BCUT2D eigenvalue weighted by atomic mass is 32.2. The number of rotatable bonds is 5. The minimum atomic E-state index is -3.61. The van der Waals surface area contributed by atoms with E-state index in [-0.39, 0.29) is 23.5 Å². The molecule has 0 spiro atoms. The number of nitrogens with one attached hydrogen (secondary N) is 1. The Balaban J connectivity index is 1.51. The molecule has 1 saturated heterocycles. The van der Waals surface area contributed by atoms with Gasteiger partial charge in [0, 0.05) is 0 Å². The highest BCUT2D eigenvalue weighted by Gasteiger charge is 2.57. The zero-order chi connectivity index (χ0) is 16.2. The molecule has 5 unspecified atom stereocenters. The Hall–Kier alpha value is -1.44. The fraction of sp³-hybridized carbons (Fsp3) is 0.562. The van der Waals surface area contributed by atoms with Crippen molar-refractivity contribution in [2.75, 3.05) is 6.61 Å². The summed E-state index contributed by atoms with van der Waals surface area (Å²) in [5.74, 6) is 0.555. The van der Waals surface area contributed by atoms with Gasteiger partial charge in [0.1, 0.15) is 0 Å². The van der Waals surface area contributed by atoms with Crippen molar-refractivity contribution in [3.05, 3.63) is 29.8 Å². The van der Waals surface area contributed by atoms with E-state index in [4.69, 9.17) is 9.84 Å². The van der Waals surface area contributed by atoms with Gasteiger partial charge in [0.25, 0.3) is 0 Å². The van der Waals surface area contributed by atoms with Crippen LogP contribution in [0.15, 0.2) is 29.2 Å². The van der Waals surface area contributed by atoms with Gasteiger partial charge in [-0.3, -0.25) is 4.79 Å². The molecular formula is C16H19NO5S. The van der Waals surface area contributed by atoms with Crippen molar-refractivity contribution in [2.45, 2.75) is 36.3 Å². The molecule has 4 rings (SSSR count). The predicted octanol–water partition coefficient (Wildman–Crippen LogP) is 1.02. The smallest absolute Gasteiger partial charge is 0.307 e. The molecule has 124 valence electrons. The number of ether oxygens (including phenoxy) is 1. The van der Waals surface area contributed by atoms with Crippen molar-refractivity contribution in [1.29, 1.82) is 0 Å². The minimum Gasteiger partial charge on any atom is -0.481 e. The first kappa shape index (κ1) is 15.1. The maximum atomic E-state index is 12.6. The summed E-state index contributed by atoms with van der Waals surface area (Å²) >= 11 is 0. The van der Waals surface area contributed by atoms with Gasteiger partial charge < -0.3 is 9.84 Å². The molecule has 7 heteroatoms. The second kappa shape index (κ2) is 5.29. The van der Waals surface area contributed by atoms with Gasteiger partial charge >= 0.3 is 5.97 Å². The molecule has 23 heavy (non-hydrogen) atoms. The van der Waals surface area contributed by atoms with Gasteiger partial charge in [-0.15, -0.1) is 0 Å². The van der Waals surface area contributed by atoms with Crippen LogP contribution in [-0.2, 0) is 26.0 Å². The summed E-state index contributed by atoms with van der Waals surface area (Å²) in [6, 6.07) is 5.89. The third-order valence-corrected chi connectivity index (χ3v) is 6.93. The second-order valence-electron chi connectivity index (χ2n) is 6.81. The van der Waals surface area contributed by atoms with Crippen LogP contribution < -0.4 is 4.72 Å². The molecule has 1 aromatic rings. The molecule has 2 saturated carbocycles. The van der Waals surface area contributed by atoms with Crippen molar-refractivity contribution in [3.63, 3.8) is 0 Å². The van der Waals surface area contributed by atoms with E-state index in [1.807, 2.05) is 0 Å². The Morgan fingerprint density at radius 1 is 1.22 bits per heavy atom. The second-order valence-corrected chi connectivity index (χ2v) is 8.53. The first-order valence-corrected chi connectivity index (χ1v) is 9.37. The van der Waals surface area contributed by atoms with Gasteiger partial charge in [0.2, 0.25) is 10.0 Å². The number of benzene rings is 1. The Bertz CT molecular complexity index is 727. The highest BCUT2D eigenvalue weighted by Crippen LogP contribution is 2.54. The van der Waals surface area contributed by atoms with Crippen molar-refractivity contribution in [1.82, 2.24) is 4.72 Å². The minimum absolute atomic E-state index is 0.0137. The Kier molecular flexibility index (Phi) is 3.48. The predicted molar refractivity (Wildman–Crippen MR) is 81.3 cm³/mol. The summed E-state index contributed by atoms with van der Waals surface area (Å²) in [7, 11) is -3.61. The Morgan fingerprint density at radius 3 is 2.65 bits per heavy atom. The third kappa shape index (κ3) is 2.56. The number of carboxylic acids is 1. The van der Waals surface area contributed by atoms with Crippen LogP contribution in [0.2, 0.25) is 0 Å².